The van der Waals surface area contributed by atoms with Crippen LogP contribution in [0.1, 0.15) is 11.1 Å². The smallest absolute Gasteiger partial charge is 0.329 e. The lowest BCUT2D eigenvalue weighted by Gasteiger charge is -2.35. The van der Waals surface area contributed by atoms with Gasteiger partial charge in [0.25, 0.3) is 0 Å². The van der Waals surface area contributed by atoms with Gasteiger partial charge in [0, 0.05) is 11.6 Å². The average molecular weight is 430 g/mol. The minimum atomic E-state index is -3.94. The molecule has 3 rings (SSSR count). The third kappa shape index (κ3) is 4.44. The highest BCUT2D eigenvalue weighted by atomic mass is 35.5. The quantitative estimate of drug-likeness (QED) is 0.761. The second kappa shape index (κ2) is 8.16. The predicted octanol–water partition coefficient (Wildman–Crippen LogP) is 3.21. The molecular weight excluding hydrogens is 413 g/mol. The number of nitrogens with zero attached hydrogens (tertiary/aromatic N) is 1. The van der Waals surface area contributed by atoms with Crippen molar-refractivity contribution in [1.29, 1.82) is 0 Å². The molecule has 1 unspecified atom stereocenters. The van der Waals surface area contributed by atoms with Gasteiger partial charge in [0.15, 0.2) is 0 Å². The van der Waals surface area contributed by atoms with Gasteiger partial charge in [0.05, 0.1) is 17.7 Å². The molecule has 1 heterocycles. The van der Waals surface area contributed by atoms with Gasteiger partial charge in [0.1, 0.15) is 11.5 Å². The maximum atomic E-state index is 13.3. The molecule has 1 N–H and O–H groups in total. The van der Waals surface area contributed by atoms with Crippen LogP contribution in [-0.2, 0) is 32.5 Å². The summed E-state index contributed by atoms with van der Waals surface area (Å²) in [5, 5.41) is 9.15. The van der Waals surface area contributed by atoms with E-state index in [1.807, 2.05) is 24.3 Å². The molecule has 0 saturated carbocycles. The second-order valence-corrected chi connectivity index (χ2v) is 8.86. The highest BCUT2D eigenvalue weighted by molar-refractivity contribution is 7.89. The monoisotopic (exact) mass is 429 g/mol. The van der Waals surface area contributed by atoms with E-state index in [0.29, 0.717) is 11.4 Å². The molecule has 27 heavy (non-hydrogen) atoms. The van der Waals surface area contributed by atoms with Crippen LogP contribution in [0.2, 0.25) is 10.0 Å². The van der Waals surface area contributed by atoms with Crippen molar-refractivity contribution < 1.29 is 23.1 Å². The molecule has 9 heteroatoms. The Hall–Kier alpha value is -1.64. The maximum Gasteiger partial charge on any atom is 0.329 e. The summed E-state index contributed by atoms with van der Waals surface area (Å²) in [6, 6.07) is 11.2. The normalized spacial score (nSPS) is 17.5. The minimum Gasteiger partial charge on any atom is -0.480 e. The molecule has 2 aromatic rings. The maximum absolute atomic E-state index is 13.3. The first kappa shape index (κ1) is 20.1. The van der Waals surface area contributed by atoms with E-state index in [0.717, 1.165) is 11.1 Å². The third-order valence-corrected chi connectivity index (χ3v) is 6.94. The average Bonchev–Trinajstić information content (AvgIpc) is 2.60. The molecule has 6 nitrogen and oxygen atoms in total. The fourth-order valence-corrected chi connectivity index (χ4v) is 5.42. The Labute approximate surface area is 167 Å². The van der Waals surface area contributed by atoms with Gasteiger partial charge < -0.3 is 9.84 Å². The van der Waals surface area contributed by atoms with Crippen LogP contribution in [-0.4, -0.2) is 43.1 Å². The van der Waals surface area contributed by atoms with E-state index in [4.69, 9.17) is 33.0 Å². The number of carboxylic acids is 1. The van der Waals surface area contributed by atoms with Gasteiger partial charge in [-0.2, -0.15) is 4.31 Å². The van der Waals surface area contributed by atoms with Crippen molar-refractivity contribution in [3.63, 3.8) is 0 Å². The summed E-state index contributed by atoms with van der Waals surface area (Å²) >= 11 is 12.0. The van der Waals surface area contributed by atoms with Gasteiger partial charge >= 0.3 is 5.97 Å². The molecule has 0 aromatic heterocycles. The van der Waals surface area contributed by atoms with Crippen molar-refractivity contribution in [3.05, 3.63) is 63.6 Å². The van der Waals surface area contributed by atoms with Gasteiger partial charge in [-0.1, -0.05) is 47.5 Å². The number of hydrogen-bond donors (Lipinski definition) is 1. The Morgan fingerprint density at radius 3 is 2.56 bits per heavy atom. The minimum absolute atomic E-state index is 0.0339. The van der Waals surface area contributed by atoms with Crippen LogP contribution in [0.15, 0.2) is 47.4 Å². The van der Waals surface area contributed by atoms with Gasteiger partial charge in [-0.15, -0.1) is 0 Å². The number of fused-ring (bicyclic) bond motifs is 1. The predicted molar refractivity (Wildman–Crippen MR) is 102 cm³/mol. The van der Waals surface area contributed by atoms with Crippen LogP contribution in [0.5, 0.6) is 0 Å². The fraction of sp³-hybridized carbons (Fsp3) is 0.278. The van der Waals surface area contributed by atoms with Crippen molar-refractivity contribution in [2.75, 3.05) is 13.2 Å². The highest BCUT2D eigenvalue weighted by Gasteiger charge is 2.36. The summed E-state index contributed by atoms with van der Waals surface area (Å²) < 4.78 is 33.0. The fourth-order valence-electron chi connectivity index (χ4n) is 3.08. The van der Waals surface area contributed by atoms with Crippen molar-refractivity contribution in [2.45, 2.75) is 23.9 Å². The zero-order valence-corrected chi connectivity index (χ0v) is 16.5. The number of hydrogen-bond acceptors (Lipinski definition) is 4. The lowest BCUT2D eigenvalue weighted by Crippen LogP contribution is -2.46. The summed E-state index contributed by atoms with van der Waals surface area (Å²) in [4.78, 5) is 10.7. The van der Waals surface area contributed by atoms with Crippen molar-refractivity contribution in [3.8, 4) is 0 Å². The first-order valence-electron chi connectivity index (χ1n) is 8.12. The Kier molecular flexibility index (Phi) is 6.08. The van der Waals surface area contributed by atoms with E-state index in [-0.39, 0.29) is 23.1 Å². The summed E-state index contributed by atoms with van der Waals surface area (Å²) in [5.41, 5.74) is 1.90. The summed E-state index contributed by atoms with van der Waals surface area (Å²) in [7, 11) is -3.94. The molecule has 1 aliphatic rings. The van der Waals surface area contributed by atoms with E-state index < -0.39 is 28.6 Å². The van der Waals surface area contributed by atoms with Gasteiger partial charge in [-0.05, 0) is 35.7 Å². The van der Waals surface area contributed by atoms with E-state index in [1.54, 1.807) is 0 Å². The summed E-state index contributed by atoms with van der Waals surface area (Å²) in [6.45, 7) is -0.378. The number of carboxylic acid groups (broad SMARTS) is 1. The van der Waals surface area contributed by atoms with Crippen LogP contribution in [0.3, 0.4) is 0 Å². The topological polar surface area (TPSA) is 83.9 Å². The van der Waals surface area contributed by atoms with Crippen LogP contribution < -0.4 is 0 Å². The molecular formula is C18H17Cl2NO5S. The lowest BCUT2D eigenvalue weighted by molar-refractivity contribution is -0.142. The highest BCUT2D eigenvalue weighted by Crippen LogP contribution is 2.33. The van der Waals surface area contributed by atoms with E-state index in [9.17, 15) is 13.2 Å². The van der Waals surface area contributed by atoms with E-state index in [1.165, 1.54) is 22.5 Å². The number of rotatable bonds is 6. The molecule has 1 aliphatic heterocycles. The number of sulfonamides is 1. The Morgan fingerprint density at radius 2 is 1.89 bits per heavy atom. The summed E-state index contributed by atoms with van der Waals surface area (Å²) in [6.07, 6.45) is 0.417. The molecule has 2 aromatic carbocycles. The molecule has 0 fully saturated rings. The Morgan fingerprint density at radius 1 is 1.19 bits per heavy atom. The number of aliphatic carboxylic acids is 1. The molecule has 0 bridgehead atoms. The third-order valence-electron chi connectivity index (χ3n) is 4.32. The number of ether oxygens (including phenoxy) is 1. The zero-order chi connectivity index (χ0) is 19.6. The van der Waals surface area contributed by atoms with Crippen LogP contribution in [0.25, 0.3) is 0 Å². The van der Waals surface area contributed by atoms with Crippen LogP contribution >= 0.6 is 23.2 Å². The standard InChI is InChI=1S/C18H17Cl2NO5S/c19-14-5-6-17(16(20)8-14)27(24,25)21-9-13-4-2-1-3-12(13)7-15(21)10-26-11-18(22)23/h1-6,8,15H,7,9-11H2,(H,22,23). The van der Waals surface area contributed by atoms with E-state index >= 15 is 0 Å². The lowest BCUT2D eigenvalue weighted by atomic mass is 9.96. The van der Waals surface area contributed by atoms with Crippen molar-refractivity contribution in [2.24, 2.45) is 0 Å². The first-order chi connectivity index (χ1) is 12.8. The first-order valence-corrected chi connectivity index (χ1v) is 10.3. The molecule has 0 aliphatic carbocycles. The number of halogens is 2. The summed E-state index contributed by atoms with van der Waals surface area (Å²) in [5.74, 6) is -1.11. The van der Waals surface area contributed by atoms with Gasteiger partial charge in [0.2, 0.25) is 10.0 Å². The van der Waals surface area contributed by atoms with Crippen molar-refractivity contribution in [1.82, 2.24) is 4.31 Å². The Balaban J connectivity index is 1.96. The molecule has 0 radical (unpaired) electrons. The van der Waals surface area contributed by atoms with E-state index in [2.05, 4.69) is 0 Å². The van der Waals surface area contributed by atoms with Gasteiger partial charge in [-0.25, -0.2) is 13.2 Å². The largest absolute Gasteiger partial charge is 0.480 e. The second-order valence-electron chi connectivity index (χ2n) is 6.16. The number of benzene rings is 2. The molecule has 0 amide bonds. The molecule has 144 valence electrons. The van der Waals surface area contributed by atoms with Crippen LogP contribution in [0, 0.1) is 0 Å². The van der Waals surface area contributed by atoms with Crippen molar-refractivity contribution >= 4 is 39.2 Å². The molecule has 0 spiro atoms. The molecule has 1 atom stereocenters. The van der Waals surface area contributed by atoms with Crippen LogP contribution in [0.4, 0.5) is 0 Å². The number of carbonyl (C=O) groups is 1. The zero-order valence-electron chi connectivity index (χ0n) is 14.1. The SMILES string of the molecule is O=C(O)COCC1Cc2ccccc2CN1S(=O)(=O)c1ccc(Cl)cc1Cl. The van der Waals surface area contributed by atoms with Gasteiger partial charge in [-0.3, -0.25) is 0 Å². The molecule has 0 saturated heterocycles. The Bertz CT molecular complexity index is 964.